The minimum absolute atomic E-state index is 0.312. The summed E-state index contributed by atoms with van der Waals surface area (Å²) in [6, 6.07) is 9.51. The summed E-state index contributed by atoms with van der Waals surface area (Å²) in [6.07, 6.45) is 3.86. The number of nitrogens with one attached hydrogen (secondary N) is 1. The van der Waals surface area contributed by atoms with Gasteiger partial charge in [0.05, 0.1) is 18.1 Å². The van der Waals surface area contributed by atoms with E-state index in [4.69, 9.17) is 0 Å². The van der Waals surface area contributed by atoms with Crippen molar-refractivity contribution in [2.24, 2.45) is 0 Å². The predicted molar refractivity (Wildman–Crippen MR) is 79.2 cm³/mol. The Morgan fingerprint density at radius 2 is 1.84 bits per heavy atom. The smallest absolute Gasteiger partial charge is 0.0954 e. The molecule has 0 fully saturated rings. The number of aryl methyl sites for hydroxylation is 1. The van der Waals surface area contributed by atoms with E-state index < -0.39 is 0 Å². The number of hydrogen-bond donors (Lipinski definition) is 1. The summed E-state index contributed by atoms with van der Waals surface area (Å²) in [4.78, 5) is 4.29. The van der Waals surface area contributed by atoms with Gasteiger partial charge in [0.25, 0.3) is 0 Å². The normalized spacial score (nSPS) is 12.9. The van der Waals surface area contributed by atoms with E-state index in [0.29, 0.717) is 12.1 Å². The van der Waals surface area contributed by atoms with Gasteiger partial charge < -0.3 is 9.88 Å². The predicted octanol–water partition coefficient (Wildman–Crippen LogP) is 3.30. The van der Waals surface area contributed by atoms with Gasteiger partial charge in [0.1, 0.15) is 0 Å². The van der Waals surface area contributed by atoms with Gasteiger partial charge in [0.15, 0.2) is 0 Å². The van der Waals surface area contributed by atoms with Crippen LogP contribution in [0.5, 0.6) is 0 Å². The van der Waals surface area contributed by atoms with Crippen molar-refractivity contribution in [1.82, 2.24) is 14.9 Å². The first-order valence-corrected chi connectivity index (χ1v) is 6.88. The molecule has 0 aliphatic heterocycles. The summed E-state index contributed by atoms with van der Waals surface area (Å²) in [5.74, 6) is 0. The van der Waals surface area contributed by atoms with E-state index in [2.05, 4.69) is 66.8 Å². The second-order valence-electron chi connectivity index (χ2n) is 5.41. The van der Waals surface area contributed by atoms with Crippen LogP contribution in [0.2, 0.25) is 0 Å². The van der Waals surface area contributed by atoms with Crippen LogP contribution in [0.4, 0.5) is 0 Å². The van der Waals surface area contributed by atoms with E-state index in [0.717, 1.165) is 6.54 Å². The third kappa shape index (κ3) is 3.44. The first kappa shape index (κ1) is 13.8. The highest BCUT2D eigenvalue weighted by Crippen LogP contribution is 2.20. The summed E-state index contributed by atoms with van der Waals surface area (Å²) in [6.45, 7) is 9.50. The van der Waals surface area contributed by atoms with Crippen LogP contribution in [0.25, 0.3) is 0 Å². The van der Waals surface area contributed by atoms with Crippen molar-refractivity contribution in [2.45, 2.75) is 46.3 Å². The minimum atomic E-state index is 0.312. The molecule has 1 heterocycles. The number of benzene rings is 1. The molecular weight excluding hydrogens is 234 g/mol. The SMILES string of the molecule is Cc1ccc(C(C)n2cncc2CNC(C)C)cc1. The monoisotopic (exact) mass is 257 g/mol. The molecule has 1 aromatic carbocycles. The van der Waals surface area contributed by atoms with E-state index >= 15 is 0 Å². The van der Waals surface area contributed by atoms with Crippen molar-refractivity contribution in [2.75, 3.05) is 0 Å². The maximum atomic E-state index is 4.29. The number of aromatic nitrogens is 2. The summed E-state index contributed by atoms with van der Waals surface area (Å²) in [5, 5.41) is 3.44. The highest BCUT2D eigenvalue weighted by molar-refractivity contribution is 5.25. The molecule has 0 radical (unpaired) electrons. The van der Waals surface area contributed by atoms with Gasteiger partial charge in [-0.1, -0.05) is 43.7 Å². The Morgan fingerprint density at radius 3 is 2.47 bits per heavy atom. The zero-order valence-electron chi connectivity index (χ0n) is 12.2. The molecule has 102 valence electrons. The van der Waals surface area contributed by atoms with Crippen LogP contribution >= 0.6 is 0 Å². The Bertz CT molecular complexity index is 511. The van der Waals surface area contributed by atoms with Crippen LogP contribution < -0.4 is 5.32 Å². The van der Waals surface area contributed by atoms with Gasteiger partial charge >= 0.3 is 0 Å². The fourth-order valence-corrected chi connectivity index (χ4v) is 2.13. The topological polar surface area (TPSA) is 29.9 Å². The second-order valence-corrected chi connectivity index (χ2v) is 5.41. The van der Waals surface area contributed by atoms with Crippen LogP contribution in [-0.4, -0.2) is 15.6 Å². The maximum Gasteiger partial charge on any atom is 0.0954 e. The number of rotatable bonds is 5. The molecule has 1 atom stereocenters. The molecule has 19 heavy (non-hydrogen) atoms. The van der Waals surface area contributed by atoms with Crippen LogP contribution in [0.1, 0.15) is 43.6 Å². The van der Waals surface area contributed by atoms with Crippen molar-refractivity contribution < 1.29 is 0 Å². The molecule has 2 aromatic rings. The Labute approximate surface area is 115 Å². The molecule has 0 spiro atoms. The van der Waals surface area contributed by atoms with Gasteiger partial charge in [-0.25, -0.2) is 4.98 Å². The molecule has 0 bridgehead atoms. The Balaban J connectivity index is 2.17. The van der Waals surface area contributed by atoms with E-state index in [1.165, 1.54) is 16.8 Å². The summed E-state index contributed by atoms with van der Waals surface area (Å²) < 4.78 is 2.24. The average molecular weight is 257 g/mol. The lowest BCUT2D eigenvalue weighted by Gasteiger charge is -2.18. The van der Waals surface area contributed by atoms with Crippen LogP contribution in [0, 0.1) is 6.92 Å². The average Bonchev–Trinajstić information content (AvgIpc) is 2.84. The molecule has 2 rings (SSSR count). The maximum absolute atomic E-state index is 4.29. The van der Waals surface area contributed by atoms with Crippen molar-refractivity contribution in [3.8, 4) is 0 Å². The highest BCUT2D eigenvalue weighted by atomic mass is 15.1. The third-order valence-electron chi connectivity index (χ3n) is 3.41. The van der Waals surface area contributed by atoms with Crippen molar-refractivity contribution in [3.63, 3.8) is 0 Å². The molecular formula is C16H23N3. The number of imidazole rings is 1. The molecule has 1 unspecified atom stereocenters. The van der Waals surface area contributed by atoms with E-state index in [1.807, 2.05) is 12.5 Å². The summed E-state index contributed by atoms with van der Waals surface area (Å²) in [7, 11) is 0. The first-order valence-electron chi connectivity index (χ1n) is 6.88. The summed E-state index contributed by atoms with van der Waals surface area (Å²) in [5.41, 5.74) is 3.83. The minimum Gasteiger partial charge on any atom is -0.326 e. The lowest BCUT2D eigenvalue weighted by molar-refractivity contribution is 0.539. The van der Waals surface area contributed by atoms with E-state index in [1.54, 1.807) is 0 Å². The van der Waals surface area contributed by atoms with Crippen LogP contribution in [-0.2, 0) is 6.54 Å². The molecule has 3 heteroatoms. The number of hydrogen-bond acceptors (Lipinski definition) is 2. The third-order valence-corrected chi connectivity index (χ3v) is 3.41. The first-order chi connectivity index (χ1) is 9.08. The van der Waals surface area contributed by atoms with Gasteiger partial charge in [-0.2, -0.15) is 0 Å². The van der Waals surface area contributed by atoms with Crippen molar-refractivity contribution >= 4 is 0 Å². The molecule has 1 aromatic heterocycles. The van der Waals surface area contributed by atoms with Crippen LogP contribution in [0.3, 0.4) is 0 Å². The molecule has 0 amide bonds. The van der Waals surface area contributed by atoms with E-state index in [9.17, 15) is 0 Å². The zero-order chi connectivity index (χ0) is 13.8. The Kier molecular flexibility index (Phi) is 4.38. The number of nitrogens with zero attached hydrogens (tertiary/aromatic N) is 2. The van der Waals surface area contributed by atoms with Gasteiger partial charge in [-0.05, 0) is 19.4 Å². The fraction of sp³-hybridized carbons (Fsp3) is 0.438. The van der Waals surface area contributed by atoms with Crippen molar-refractivity contribution in [3.05, 3.63) is 53.6 Å². The molecule has 0 saturated heterocycles. The van der Waals surface area contributed by atoms with Gasteiger partial charge in [-0.15, -0.1) is 0 Å². The molecule has 0 saturated carbocycles. The Hall–Kier alpha value is -1.61. The molecule has 0 aliphatic rings. The second kappa shape index (κ2) is 6.02. The lowest BCUT2D eigenvalue weighted by Crippen LogP contribution is -2.24. The largest absolute Gasteiger partial charge is 0.326 e. The quantitative estimate of drug-likeness (QED) is 0.890. The highest BCUT2D eigenvalue weighted by Gasteiger charge is 2.11. The van der Waals surface area contributed by atoms with Crippen molar-refractivity contribution in [1.29, 1.82) is 0 Å². The zero-order valence-corrected chi connectivity index (χ0v) is 12.2. The molecule has 1 N–H and O–H groups in total. The molecule has 3 nitrogen and oxygen atoms in total. The summed E-state index contributed by atoms with van der Waals surface area (Å²) >= 11 is 0. The Morgan fingerprint density at radius 1 is 1.16 bits per heavy atom. The molecule has 0 aliphatic carbocycles. The van der Waals surface area contributed by atoms with E-state index in [-0.39, 0.29) is 0 Å². The van der Waals surface area contributed by atoms with Gasteiger partial charge in [0, 0.05) is 18.8 Å². The van der Waals surface area contributed by atoms with Crippen LogP contribution in [0.15, 0.2) is 36.8 Å². The standard InChI is InChI=1S/C16H23N3/c1-12(2)18-10-16-9-17-11-19(16)14(4)15-7-5-13(3)6-8-15/h5-9,11-12,14,18H,10H2,1-4H3. The van der Waals surface area contributed by atoms with Gasteiger partial charge in [0.2, 0.25) is 0 Å². The lowest BCUT2D eigenvalue weighted by atomic mass is 10.1. The van der Waals surface area contributed by atoms with Gasteiger partial charge in [-0.3, -0.25) is 0 Å². The fourth-order valence-electron chi connectivity index (χ4n) is 2.13.